The number of anilines is 1. The second kappa shape index (κ2) is 7.38. The topological polar surface area (TPSA) is 49.6 Å². The first-order valence-corrected chi connectivity index (χ1v) is 9.23. The SMILES string of the molecule is CC1CCN(c2cc(C(F)(F)F)nc3ncnn23)CCN1Cc1ccccc1. The predicted molar refractivity (Wildman–Crippen MR) is 98.9 cm³/mol. The summed E-state index contributed by atoms with van der Waals surface area (Å²) >= 11 is 0. The third-order valence-electron chi connectivity index (χ3n) is 5.17. The number of hydrogen-bond donors (Lipinski definition) is 0. The van der Waals surface area contributed by atoms with Crippen molar-refractivity contribution < 1.29 is 13.2 Å². The minimum Gasteiger partial charge on any atom is -0.355 e. The first-order valence-electron chi connectivity index (χ1n) is 9.23. The van der Waals surface area contributed by atoms with Crippen molar-refractivity contribution in [2.45, 2.75) is 32.1 Å². The molecule has 1 aliphatic rings. The normalized spacial score (nSPS) is 19.1. The number of halogens is 3. The number of nitrogens with zero attached hydrogens (tertiary/aromatic N) is 6. The molecule has 0 N–H and O–H groups in total. The van der Waals surface area contributed by atoms with E-state index in [0.717, 1.165) is 25.6 Å². The highest BCUT2D eigenvalue weighted by Gasteiger charge is 2.35. The van der Waals surface area contributed by atoms with Gasteiger partial charge in [-0.15, -0.1) is 0 Å². The van der Waals surface area contributed by atoms with Crippen molar-refractivity contribution in [3.63, 3.8) is 0 Å². The van der Waals surface area contributed by atoms with E-state index in [2.05, 4.69) is 39.0 Å². The molecule has 3 heterocycles. The van der Waals surface area contributed by atoms with E-state index in [1.54, 1.807) is 0 Å². The molecule has 1 aliphatic heterocycles. The fraction of sp³-hybridized carbons (Fsp3) is 0.421. The maximum absolute atomic E-state index is 13.3. The van der Waals surface area contributed by atoms with Crippen LogP contribution < -0.4 is 4.90 Å². The highest BCUT2D eigenvalue weighted by atomic mass is 19.4. The second-order valence-electron chi connectivity index (χ2n) is 7.05. The largest absolute Gasteiger partial charge is 0.433 e. The van der Waals surface area contributed by atoms with Gasteiger partial charge in [0, 0.05) is 38.3 Å². The zero-order valence-electron chi connectivity index (χ0n) is 15.5. The van der Waals surface area contributed by atoms with Crippen molar-refractivity contribution in [2.24, 2.45) is 0 Å². The van der Waals surface area contributed by atoms with Crippen molar-refractivity contribution in [2.75, 3.05) is 24.5 Å². The molecule has 0 amide bonds. The molecule has 9 heteroatoms. The van der Waals surface area contributed by atoms with E-state index in [-0.39, 0.29) is 5.78 Å². The van der Waals surface area contributed by atoms with Gasteiger partial charge in [-0.2, -0.15) is 27.8 Å². The van der Waals surface area contributed by atoms with Crippen LogP contribution in [0, 0.1) is 0 Å². The van der Waals surface area contributed by atoms with Gasteiger partial charge in [0.25, 0.3) is 5.78 Å². The van der Waals surface area contributed by atoms with Gasteiger partial charge in [0.2, 0.25) is 0 Å². The number of hydrogen-bond acceptors (Lipinski definition) is 5. The second-order valence-corrected chi connectivity index (χ2v) is 7.05. The molecule has 28 heavy (non-hydrogen) atoms. The Labute approximate surface area is 160 Å². The maximum Gasteiger partial charge on any atom is 0.433 e. The fourth-order valence-corrected chi connectivity index (χ4v) is 3.56. The van der Waals surface area contributed by atoms with Crippen LogP contribution in [0.15, 0.2) is 42.7 Å². The predicted octanol–water partition coefficient (Wildman–Crippen LogP) is 3.24. The minimum absolute atomic E-state index is 0.0386. The van der Waals surface area contributed by atoms with Crippen molar-refractivity contribution in [3.8, 4) is 0 Å². The van der Waals surface area contributed by atoms with E-state index in [4.69, 9.17) is 0 Å². The number of benzene rings is 1. The number of fused-ring (bicyclic) bond motifs is 1. The van der Waals surface area contributed by atoms with Gasteiger partial charge in [-0.1, -0.05) is 30.3 Å². The summed E-state index contributed by atoms with van der Waals surface area (Å²) in [6.45, 7) is 4.97. The number of aromatic nitrogens is 4. The summed E-state index contributed by atoms with van der Waals surface area (Å²) in [4.78, 5) is 11.8. The Morgan fingerprint density at radius 3 is 2.64 bits per heavy atom. The zero-order valence-corrected chi connectivity index (χ0v) is 15.5. The lowest BCUT2D eigenvalue weighted by atomic mass is 10.1. The van der Waals surface area contributed by atoms with E-state index in [1.807, 2.05) is 23.1 Å². The molecule has 1 unspecified atom stereocenters. The molecule has 4 rings (SSSR count). The van der Waals surface area contributed by atoms with Crippen molar-refractivity contribution >= 4 is 11.6 Å². The smallest absolute Gasteiger partial charge is 0.355 e. The van der Waals surface area contributed by atoms with Gasteiger partial charge in [0.05, 0.1) is 0 Å². The Bertz CT molecular complexity index is 940. The summed E-state index contributed by atoms with van der Waals surface area (Å²) in [6.07, 6.45) is -2.46. The van der Waals surface area contributed by atoms with E-state index in [9.17, 15) is 13.2 Å². The van der Waals surface area contributed by atoms with Crippen molar-refractivity contribution in [3.05, 3.63) is 54.0 Å². The molecule has 0 radical (unpaired) electrons. The van der Waals surface area contributed by atoms with Crippen LogP contribution in [0.3, 0.4) is 0 Å². The molecule has 3 aromatic rings. The molecule has 1 fully saturated rings. The summed E-state index contributed by atoms with van der Waals surface area (Å²) in [5.41, 5.74) is 0.283. The highest BCUT2D eigenvalue weighted by Crippen LogP contribution is 2.31. The van der Waals surface area contributed by atoms with Gasteiger partial charge < -0.3 is 4.90 Å². The average Bonchev–Trinajstić information content (AvgIpc) is 3.08. The Morgan fingerprint density at radius 1 is 1.11 bits per heavy atom. The van der Waals surface area contributed by atoms with Crippen LogP contribution in [0.2, 0.25) is 0 Å². The molecule has 1 atom stereocenters. The maximum atomic E-state index is 13.3. The molecule has 0 spiro atoms. The van der Waals surface area contributed by atoms with Crippen LogP contribution in [0.4, 0.5) is 19.0 Å². The molecule has 1 saturated heterocycles. The lowest BCUT2D eigenvalue weighted by Gasteiger charge is -2.26. The lowest BCUT2D eigenvalue weighted by molar-refractivity contribution is -0.141. The summed E-state index contributed by atoms with van der Waals surface area (Å²) < 4.78 is 41.2. The third kappa shape index (κ3) is 3.80. The van der Waals surface area contributed by atoms with Crippen LogP contribution in [0.25, 0.3) is 5.78 Å². The Balaban J connectivity index is 1.59. The Morgan fingerprint density at radius 2 is 1.89 bits per heavy atom. The van der Waals surface area contributed by atoms with Crippen LogP contribution >= 0.6 is 0 Å². The summed E-state index contributed by atoms with van der Waals surface area (Å²) in [5, 5.41) is 4.07. The molecule has 1 aromatic carbocycles. The molecular weight excluding hydrogens is 369 g/mol. The Kier molecular flexibility index (Phi) is 4.92. The highest BCUT2D eigenvalue weighted by molar-refractivity contribution is 5.48. The molecule has 6 nitrogen and oxygen atoms in total. The third-order valence-corrected chi connectivity index (χ3v) is 5.17. The lowest BCUT2D eigenvalue weighted by Crippen LogP contribution is -2.34. The molecular formula is C19H21F3N6. The van der Waals surface area contributed by atoms with Crippen molar-refractivity contribution in [1.82, 2.24) is 24.5 Å². The van der Waals surface area contributed by atoms with E-state index in [1.165, 1.54) is 16.4 Å². The van der Waals surface area contributed by atoms with Crippen LogP contribution in [-0.4, -0.2) is 50.2 Å². The van der Waals surface area contributed by atoms with Gasteiger partial charge in [-0.3, -0.25) is 4.90 Å². The van der Waals surface area contributed by atoms with Gasteiger partial charge in [-0.05, 0) is 18.9 Å². The van der Waals surface area contributed by atoms with Crippen LogP contribution in [0.1, 0.15) is 24.6 Å². The first-order chi connectivity index (χ1) is 13.4. The fourth-order valence-electron chi connectivity index (χ4n) is 3.56. The van der Waals surface area contributed by atoms with Crippen LogP contribution in [-0.2, 0) is 12.7 Å². The first kappa shape index (κ1) is 18.7. The number of rotatable bonds is 3. The van der Waals surface area contributed by atoms with E-state index in [0.29, 0.717) is 24.9 Å². The molecule has 2 aromatic heterocycles. The van der Waals surface area contributed by atoms with Gasteiger partial charge in [0.15, 0.2) is 5.69 Å². The zero-order chi connectivity index (χ0) is 19.7. The quantitative estimate of drug-likeness (QED) is 0.687. The monoisotopic (exact) mass is 390 g/mol. The van der Waals surface area contributed by atoms with Crippen LogP contribution in [0.5, 0.6) is 0 Å². The summed E-state index contributed by atoms with van der Waals surface area (Å²) in [6, 6.07) is 11.6. The van der Waals surface area contributed by atoms with E-state index >= 15 is 0 Å². The van der Waals surface area contributed by atoms with Crippen molar-refractivity contribution in [1.29, 1.82) is 0 Å². The molecule has 0 saturated carbocycles. The number of alkyl halides is 3. The molecule has 0 aliphatic carbocycles. The van der Waals surface area contributed by atoms with E-state index < -0.39 is 11.9 Å². The standard InChI is InChI=1S/C19H21F3N6/c1-14-7-8-26(9-10-27(14)12-15-5-3-2-4-6-15)17-11-16(19(20,21)22)25-18-23-13-24-28(17)18/h2-6,11,13-14H,7-10,12H2,1H3. The van der Waals surface area contributed by atoms with Gasteiger partial charge in [-0.25, -0.2) is 4.98 Å². The molecule has 148 valence electrons. The minimum atomic E-state index is -4.53. The van der Waals surface area contributed by atoms with Gasteiger partial charge in [0.1, 0.15) is 12.1 Å². The average molecular weight is 390 g/mol. The van der Waals surface area contributed by atoms with Gasteiger partial charge >= 0.3 is 6.18 Å². The summed E-state index contributed by atoms with van der Waals surface area (Å²) in [5.74, 6) is 0.340. The molecule has 0 bridgehead atoms. The Hall–Kier alpha value is -2.68. The summed E-state index contributed by atoms with van der Waals surface area (Å²) in [7, 11) is 0.